The van der Waals surface area contributed by atoms with Gasteiger partial charge >= 0.3 is 0 Å². The van der Waals surface area contributed by atoms with Crippen LogP contribution in [0, 0.1) is 0 Å². The summed E-state index contributed by atoms with van der Waals surface area (Å²) in [6.45, 7) is 0. The Morgan fingerprint density at radius 3 is 1.44 bits per heavy atom. The largest absolute Gasteiger partial charge is 0.343 e. The van der Waals surface area contributed by atoms with Crippen LogP contribution >= 0.6 is 0 Å². The number of aromatic nitrogens is 2. The zero-order chi connectivity index (χ0) is 22.8. The fraction of sp³-hybridized carbons (Fsp3) is 0.0625. The Labute approximate surface area is 198 Å². The van der Waals surface area contributed by atoms with Crippen LogP contribution in [-0.2, 0) is 14.1 Å². The van der Waals surface area contributed by atoms with E-state index in [1.165, 1.54) is 65.9 Å². The highest BCUT2D eigenvalue weighted by Crippen LogP contribution is 2.49. The topological polar surface area (TPSA) is 9.86 Å². The van der Waals surface area contributed by atoms with Crippen molar-refractivity contribution < 1.29 is 0 Å². The van der Waals surface area contributed by atoms with Crippen LogP contribution in [0.2, 0.25) is 0 Å². The van der Waals surface area contributed by atoms with E-state index in [1.807, 2.05) is 0 Å². The molecule has 7 aromatic rings. The molecule has 0 aliphatic carbocycles. The van der Waals surface area contributed by atoms with E-state index in [2.05, 4.69) is 132 Å². The minimum atomic E-state index is 1.24. The molecule has 162 valence electrons. The van der Waals surface area contributed by atoms with Crippen LogP contribution in [0.15, 0.2) is 109 Å². The lowest BCUT2D eigenvalue weighted by Crippen LogP contribution is -1.96. The Morgan fingerprint density at radius 1 is 0.412 bits per heavy atom. The van der Waals surface area contributed by atoms with Crippen LogP contribution in [-0.4, -0.2) is 9.13 Å². The summed E-state index contributed by atoms with van der Waals surface area (Å²) in [6.07, 6.45) is 0. The van der Waals surface area contributed by atoms with E-state index in [0.717, 1.165) is 0 Å². The quantitative estimate of drug-likeness (QED) is 0.258. The first-order valence-corrected chi connectivity index (χ1v) is 11.8. The molecule has 2 heterocycles. The molecule has 2 heteroatoms. The number of para-hydroxylation sites is 2. The Hall–Kier alpha value is -4.30. The number of rotatable bonds is 2. The first-order valence-electron chi connectivity index (χ1n) is 11.8. The SMILES string of the molecule is Cn1c2ccccc2c2c1c(-c1ccccc1)c(-c1ccccc1)c1c3ccccc3n(C)c12. The molecule has 7 rings (SSSR count). The van der Waals surface area contributed by atoms with E-state index < -0.39 is 0 Å². The number of nitrogens with zero attached hydrogens (tertiary/aromatic N) is 2. The average Bonchev–Trinajstić information content (AvgIpc) is 3.36. The van der Waals surface area contributed by atoms with Crippen molar-refractivity contribution in [3.63, 3.8) is 0 Å². The highest BCUT2D eigenvalue weighted by Gasteiger charge is 2.25. The molecule has 0 spiro atoms. The predicted molar refractivity (Wildman–Crippen MR) is 145 cm³/mol. The summed E-state index contributed by atoms with van der Waals surface area (Å²) < 4.78 is 4.77. The van der Waals surface area contributed by atoms with Gasteiger partial charge < -0.3 is 9.13 Å². The fourth-order valence-corrected chi connectivity index (χ4v) is 5.89. The molecule has 0 unspecified atom stereocenters. The van der Waals surface area contributed by atoms with Crippen LogP contribution in [0.25, 0.3) is 65.9 Å². The van der Waals surface area contributed by atoms with Crippen LogP contribution in [0.1, 0.15) is 0 Å². The normalized spacial score (nSPS) is 11.8. The lowest BCUT2D eigenvalue weighted by molar-refractivity contribution is 1.01. The van der Waals surface area contributed by atoms with Gasteiger partial charge in [0.15, 0.2) is 0 Å². The van der Waals surface area contributed by atoms with E-state index >= 15 is 0 Å². The molecule has 0 aliphatic heterocycles. The lowest BCUT2D eigenvalue weighted by atomic mass is 9.88. The molecule has 0 saturated heterocycles. The second-order valence-electron chi connectivity index (χ2n) is 9.08. The molecule has 34 heavy (non-hydrogen) atoms. The molecule has 2 nitrogen and oxygen atoms in total. The first-order chi connectivity index (χ1) is 16.8. The van der Waals surface area contributed by atoms with Gasteiger partial charge in [0.05, 0.1) is 11.0 Å². The minimum Gasteiger partial charge on any atom is -0.343 e. The third kappa shape index (κ3) is 2.45. The Bertz CT molecular complexity index is 1850. The smallest absolute Gasteiger partial charge is 0.0597 e. The van der Waals surface area contributed by atoms with Gasteiger partial charge in [-0.15, -0.1) is 0 Å². The standard InChI is InChI=1S/C32H24N2/c1-33-26-20-12-10-18-24(26)30-31(33)28(22-15-7-4-8-16-22)27(21-13-5-3-6-14-21)29-23-17-9-11-19-25(23)34(2)32(29)30/h3-20H,1-2H3. The van der Waals surface area contributed by atoms with Crippen molar-refractivity contribution in [1.82, 2.24) is 9.13 Å². The number of hydrogen-bond acceptors (Lipinski definition) is 0. The third-order valence-corrected chi connectivity index (χ3v) is 7.31. The maximum Gasteiger partial charge on any atom is 0.0597 e. The van der Waals surface area contributed by atoms with Crippen LogP contribution in [0.3, 0.4) is 0 Å². The summed E-state index contributed by atoms with van der Waals surface area (Å²) in [7, 11) is 4.42. The van der Waals surface area contributed by atoms with Crippen molar-refractivity contribution in [2.45, 2.75) is 0 Å². The van der Waals surface area contributed by atoms with Crippen molar-refractivity contribution in [2.24, 2.45) is 14.1 Å². The van der Waals surface area contributed by atoms with Gasteiger partial charge in [-0.3, -0.25) is 0 Å². The van der Waals surface area contributed by atoms with Crippen LogP contribution in [0.5, 0.6) is 0 Å². The van der Waals surface area contributed by atoms with Crippen molar-refractivity contribution in [3.8, 4) is 22.3 Å². The highest BCUT2D eigenvalue weighted by atomic mass is 15.0. The fourth-order valence-electron chi connectivity index (χ4n) is 5.89. The molecule has 0 fully saturated rings. The van der Waals surface area contributed by atoms with Crippen LogP contribution < -0.4 is 0 Å². The summed E-state index contributed by atoms with van der Waals surface area (Å²) in [5.74, 6) is 0. The van der Waals surface area contributed by atoms with Crippen molar-refractivity contribution in [1.29, 1.82) is 0 Å². The second-order valence-corrected chi connectivity index (χ2v) is 9.08. The number of aryl methyl sites for hydroxylation is 2. The molecule has 5 aromatic carbocycles. The summed E-state index contributed by atoms with van der Waals surface area (Å²) in [5.41, 5.74) is 10.2. The van der Waals surface area contributed by atoms with Gasteiger partial charge in [-0.25, -0.2) is 0 Å². The van der Waals surface area contributed by atoms with Crippen molar-refractivity contribution in [3.05, 3.63) is 109 Å². The summed E-state index contributed by atoms with van der Waals surface area (Å²) >= 11 is 0. The van der Waals surface area contributed by atoms with Gasteiger partial charge in [0, 0.05) is 57.8 Å². The van der Waals surface area contributed by atoms with Gasteiger partial charge in [-0.2, -0.15) is 0 Å². The number of hydrogen-bond donors (Lipinski definition) is 0. The van der Waals surface area contributed by atoms with Crippen LogP contribution in [0.4, 0.5) is 0 Å². The molecule has 0 saturated carbocycles. The summed E-state index contributed by atoms with van der Waals surface area (Å²) in [4.78, 5) is 0. The number of benzene rings is 5. The first kappa shape index (κ1) is 19.2. The van der Waals surface area contributed by atoms with E-state index in [-0.39, 0.29) is 0 Å². The van der Waals surface area contributed by atoms with Gasteiger partial charge in [0.2, 0.25) is 0 Å². The minimum absolute atomic E-state index is 1.24. The second kappa shape index (κ2) is 7.10. The third-order valence-electron chi connectivity index (χ3n) is 7.31. The highest BCUT2D eigenvalue weighted by molar-refractivity contribution is 6.33. The van der Waals surface area contributed by atoms with Gasteiger partial charge in [0.1, 0.15) is 0 Å². The Kier molecular flexibility index (Phi) is 4.01. The Morgan fingerprint density at radius 2 is 0.853 bits per heavy atom. The molecular formula is C32H24N2. The van der Waals surface area contributed by atoms with E-state index in [4.69, 9.17) is 0 Å². The van der Waals surface area contributed by atoms with E-state index in [0.29, 0.717) is 0 Å². The monoisotopic (exact) mass is 436 g/mol. The van der Waals surface area contributed by atoms with Crippen molar-refractivity contribution in [2.75, 3.05) is 0 Å². The average molecular weight is 437 g/mol. The molecule has 0 aliphatic rings. The molecule has 0 bridgehead atoms. The van der Waals surface area contributed by atoms with Gasteiger partial charge in [0.25, 0.3) is 0 Å². The molecule has 0 radical (unpaired) electrons. The molecule has 2 aromatic heterocycles. The predicted octanol–water partition coefficient (Wildman–Crippen LogP) is 8.31. The van der Waals surface area contributed by atoms with Gasteiger partial charge in [-0.05, 0) is 23.3 Å². The molecule has 0 atom stereocenters. The van der Waals surface area contributed by atoms with E-state index in [1.54, 1.807) is 0 Å². The van der Waals surface area contributed by atoms with E-state index in [9.17, 15) is 0 Å². The molecule has 0 amide bonds. The maximum absolute atomic E-state index is 2.39. The Balaban J connectivity index is 1.90. The lowest BCUT2D eigenvalue weighted by Gasteiger charge is -2.17. The molecular weight excluding hydrogens is 412 g/mol. The maximum atomic E-state index is 2.39. The number of fused-ring (bicyclic) bond motifs is 7. The zero-order valence-electron chi connectivity index (χ0n) is 19.3. The van der Waals surface area contributed by atoms with Gasteiger partial charge in [-0.1, -0.05) is 97.1 Å². The summed E-state index contributed by atoms with van der Waals surface area (Å²) in [5, 5.41) is 5.25. The molecule has 0 N–H and O–H groups in total. The summed E-state index contributed by atoms with van der Waals surface area (Å²) in [6, 6.07) is 39.4. The zero-order valence-corrected chi connectivity index (χ0v) is 19.3. The van der Waals surface area contributed by atoms with Crippen molar-refractivity contribution >= 4 is 43.6 Å².